The Morgan fingerprint density at radius 1 is 1.16 bits per heavy atom. The molecule has 1 aliphatic rings. The number of hydrogen-bond donors (Lipinski definition) is 1. The molecule has 1 aliphatic carbocycles. The summed E-state index contributed by atoms with van der Waals surface area (Å²) in [6.45, 7) is 4.33. The van der Waals surface area contributed by atoms with E-state index in [4.69, 9.17) is 0 Å². The Labute approximate surface area is 110 Å². The average molecular weight is 273 g/mol. The Morgan fingerprint density at radius 3 is 2.37 bits per heavy atom. The van der Waals surface area contributed by atoms with Gasteiger partial charge in [-0.3, -0.25) is 0 Å². The van der Waals surface area contributed by atoms with Crippen LogP contribution in [-0.4, -0.2) is 16.0 Å². The maximum atomic E-state index is 12.6. The summed E-state index contributed by atoms with van der Waals surface area (Å²) in [6.07, 6.45) is -0.212. The molecule has 3 nitrogen and oxygen atoms in total. The first kappa shape index (κ1) is 14.1. The van der Waals surface area contributed by atoms with Gasteiger partial charge in [-0.1, -0.05) is 13.8 Å². The second-order valence-corrected chi connectivity index (χ2v) is 5.52. The van der Waals surface area contributed by atoms with Crippen molar-refractivity contribution in [1.29, 1.82) is 0 Å². The smallest absolute Gasteiger partial charge is 0.351 e. The molecule has 6 heteroatoms. The number of anilines is 1. The van der Waals surface area contributed by atoms with Crippen LogP contribution in [-0.2, 0) is 6.18 Å². The Hall–Kier alpha value is -1.33. The molecule has 19 heavy (non-hydrogen) atoms. The van der Waals surface area contributed by atoms with Crippen molar-refractivity contribution >= 4 is 5.95 Å². The summed E-state index contributed by atoms with van der Waals surface area (Å²) in [5.41, 5.74) is -0.901. The van der Waals surface area contributed by atoms with E-state index in [0.29, 0.717) is 11.8 Å². The van der Waals surface area contributed by atoms with Crippen molar-refractivity contribution in [3.63, 3.8) is 0 Å². The number of rotatable bonds is 2. The molecule has 0 bridgehead atoms. The molecule has 1 fully saturated rings. The maximum absolute atomic E-state index is 12.6. The zero-order valence-corrected chi connectivity index (χ0v) is 11.0. The average Bonchev–Trinajstić information content (AvgIpc) is 2.26. The first-order valence-electron chi connectivity index (χ1n) is 6.51. The van der Waals surface area contributed by atoms with Gasteiger partial charge in [0.25, 0.3) is 0 Å². The largest absolute Gasteiger partial charge is 0.433 e. The number of nitrogens with zero attached hydrogens (tertiary/aromatic N) is 2. The minimum atomic E-state index is -4.42. The molecule has 0 aliphatic heterocycles. The van der Waals surface area contributed by atoms with E-state index in [-0.39, 0.29) is 12.0 Å². The number of hydrogen-bond acceptors (Lipinski definition) is 3. The molecule has 1 aromatic rings. The maximum Gasteiger partial charge on any atom is 0.433 e. The van der Waals surface area contributed by atoms with Crippen LogP contribution in [0.5, 0.6) is 0 Å². The number of aromatic nitrogens is 2. The van der Waals surface area contributed by atoms with Gasteiger partial charge in [0.05, 0.1) is 0 Å². The highest BCUT2D eigenvalue weighted by Crippen LogP contribution is 2.31. The predicted molar refractivity (Wildman–Crippen MR) is 66.6 cm³/mol. The van der Waals surface area contributed by atoms with Crippen molar-refractivity contribution in [2.45, 2.75) is 45.3 Å². The first-order chi connectivity index (χ1) is 8.84. The van der Waals surface area contributed by atoms with Gasteiger partial charge in [0.15, 0.2) is 0 Å². The van der Waals surface area contributed by atoms with Crippen molar-refractivity contribution in [1.82, 2.24) is 9.97 Å². The van der Waals surface area contributed by atoms with Crippen LogP contribution in [0.3, 0.4) is 0 Å². The zero-order valence-electron chi connectivity index (χ0n) is 11.0. The van der Waals surface area contributed by atoms with Crippen LogP contribution in [0, 0.1) is 11.8 Å². The second-order valence-electron chi connectivity index (χ2n) is 5.52. The lowest BCUT2D eigenvalue weighted by atomic mass is 9.80. The van der Waals surface area contributed by atoms with Gasteiger partial charge in [-0.25, -0.2) is 9.97 Å². The van der Waals surface area contributed by atoms with Crippen LogP contribution in [0.2, 0.25) is 0 Å². The molecule has 1 heterocycles. The van der Waals surface area contributed by atoms with Crippen molar-refractivity contribution < 1.29 is 13.2 Å². The Kier molecular flexibility index (Phi) is 3.96. The molecule has 1 saturated carbocycles. The van der Waals surface area contributed by atoms with Gasteiger partial charge in [0.2, 0.25) is 5.95 Å². The van der Waals surface area contributed by atoms with Crippen molar-refractivity contribution in [3.8, 4) is 0 Å². The number of halogens is 3. The van der Waals surface area contributed by atoms with E-state index in [9.17, 15) is 13.2 Å². The fourth-order valence-corrected chi connectivity index (χ4v) is 2.83. The van der Waals surface area contributed by atoms with E-state index in [0.717, 1.165) is 25.1 Å². The summed E-state index contributed by atoms with van der Waals surface area (Å²) in [5, 5.41) is 3.03. The summed E-state index contributed by atoms with van der Waals surface area (Å²) in [4.78, 5) is 7.42. The number of nitrogens with one attached hydrogen (secondary N) is 1. The topological polar surface area (TPSA) is 37.8 Å². The fourth-order valence-electron chi connectivity index (χ4n) is 2.83. The van der Waals surface area contributed by atoms with Gasteiger partial charge in [0.1, 0.15) is 5.69 Å². The minimum absolute atomic E-state index is 0.0705. The van der Waals surface area contributed by atoms with Crippen LogP contribution in [0.15, 0.2) is 12.3 Å². The fraction of sp³-hybridized carbons (Fsp3) is 0.692. The van der Waals surface area contributed by atoms with E-state index in [2.05, 4.69) is 29.1 Å². The lowest BCUT2D eigenvalue weighted by molar-refractivity contribution is -0.141. The molecule has 1 N–H and O–H groups in total. The standard InChI is InChI=1S/C13H18F3N3/c1-8-5-9(2)7-10(6-8)18-12-17-4-3-11(19-12)13(14,15)16/h3-4,8-10H,5-7H2,1-2H3,(H,17,18,19). The molecular formula is C13H18F3N3. The lowest BCUT2D eigenvalue weighted by Gasteiger charge is -2.31. The Morgan fingerprint density at radius 2 is 1.79 bits per heavy atom. The third-order valence-corrected chi connectivity index (χ3v) is 3.46. The van der Waals surface area contributed by atoms with Gasteiger partial charge in [-0.2, -0.15) is 13.2 Å². The first-order valence-corrected chi connectivity index (χ1v) is 6.51. The summed E-state index contributed by atoms with van der Waals surface area (Å²) in [7, 11) is 0. The normalized spacial score (nSPS) is 28.2. The lowest BCUT2D eigenvalue weighted by Crippen LogP contribution is -2.31. The quantitative estimate of drug-likeness (QED) is 0.892. The minimum Gasteiger partial charge on any atom is -0.351 e. The van der Waals surface area contributed by atoms with Gasteiger partial charge in [-0.15, -0.1) is 0 Å². The summed E-state index contributed by atoms with van der Waals surface area (Å²) >= 11 is 0. The van der Waals surface area contributed by atoms with E-state index in [1.807, 2.05) is 0 Å². The van der Waals surface area contributed by atoms with E-state index < -0.39 is 11.9 Å². The van der Waals surface area contributed by atoms with Crippen molar-refractivity contribution in [2.75, 3.05) is 5.32 Å². The Balaban J connectivity index is 2.07. The van der Waals surface area contributed by atoms with E-state index in [1.165, 1.54) is 6.42 Å². The van der Waals surface area contributed by atoms with Gasteiger partial charge < -0.3 is 5.32 Å². The molecule has 0 radical (unpaired) electrons. The third kappa shape index (κ3) is 3.81. The van der Waals surface area contributed by atoms with E-state index in [1.54, 1.807) is 0 Å². The Bertz CT molecular complexity index is 423. The summed E-state index contributed by atoms with van der Waals surface area (Å²) < 4.78 is 37.7. The van der Waals surface area contributed by atoms with Gasteiger partial charge in [0, 0.05) is 12.2 Å². The molecule has 2 atom stereocenters. The van der Waals surface area contributed by atoms with Crippen molar-refractivity contribution in [3.05, 3.63) is 18.0 Å². The highest BCUT2D eigenvalue weighted by Gasteiger charge is 2.33. The summed E-state index contributed by atoms with van der Waals surface area (Å²) in [6, 6.07) is 1.04. The van der Waals surface area contributed by atoms with Crippen molar-refractivity contribution in [2.24, 2.45) is 11.8 Å². The molecule has 106 valence electrons. The molecule has 0 aromatic carbocycles. The van der Waals surface area contributed by atoms with E-state index >= 15 is 0 Å². The van der Waals surface area contributed by atoms with Gasteiger partial charge >= 0.3 is 6.18 Å². The molecular weight excluding hydrogens is 255 g/mol. The van der Waals surface area contributed by atoms with Gasteiger partial charge in [-0.05, 0) is 37.2 Å². The molecule has 2 unspecified atom stereocenters. The molecule has 2 rings (SSSR count). The highest BCUT2D eigenvalue weighted by atomic mass is 19.4. The SMILES string of the molecule is CC1CC(C)CC(Nc2nccc(C(F)(F)F)n2)C1. The third-order valence-electron chi connectivity index (χ3n) is 3.46. The molecule has 0 amide bonds. The molecule has 0 spiro atoms. The number of alkyl halides is 3. The van der Waals surface area contributed by atoms with Crippen LogP contribution in [0.4, 0.5) is 19.1 Å². The predicted octanol–water partition coefficient (Wildman–Crippen LogP) is 3.73. The van der Waals surface area contributed by atoms with Crippen LogP contribution in [0.25, 0.3) is 0 Å². The zero-order chi connectivity index (χ0) is 14.0. The monoisotopic (exact) mass is 273 g/mol. The summed E-state index contributed by atoms with van der Waals surface area (Å²) in [5.74, 6) is 1.22. The van der Waals surface area contributed by atoms with Crippen LogP contribution < -0.4 is 5.32 Å². The molecule has 1 aromatic heterocycles. The molecule has 0 saturated heterocycles. The highest BCUT2D eigenvalue weighted by molar-refractivity contribution is 5.27. The van der Waals surface area contributed by atoms with Crippen LogP contribution in [0.1, 0.15) is 38.8 Å². The van der Waals surface area contributed by atoms with Crippen LogP contribution >= 0.6 is 0 Å². The second kappa shape index (κ2) is 5.35.